The molecule has 4 aromatic rings. The zero-order valence-electron chi connectivity index (χ0n) is 16.4. The van der Waals surface area contributed by atoms with Gasteiger partial charge in [0.15, 0.2) is 0 Å². The van der Waals surface area contributed by atoms with Gasteiger partial charge in [-0.15, -0.1) is 0 Å². The minimum absolute atomic E-state index is 0.508. The predicted octanol–water partition coefficient (Wildman–Crippen LogP) is 8.63. The normalized spacial score (nSPS) is 10.9. The summed E-state index contributed by atoms with van der Waals surface area (Å²) in [5, 5.41) is 5.95. The van der Waals surface area contributed by atoms with Crippen LogP contribution in [-0.2, 0) is 13.2 Å². The van der Waals surface area contributed by atoms with Crippen molar-refractivity contribution < 1.29 is 4.74 Å². The second kappa shape index (κ2) is 9.54. The minimum Gasteiger partial charge on any atom is -0.487 e. The molecule has 0 aliphatic rings. The van der Waals surface area contributed by atoms with Crippen LogP contribution in [0, 0.1) is 6.92 Å². The van der Waals surface area contributed by atoms with Crippen molar-refractivity contribution in [3.63, 3.8) is 0 Å². The van der Waals surface area contributed by atoms with Crippen molar-refractivity contribution in [2.75, 3.05) is 5.32 Å². The molecular weight excluding hydrogens is 570 g/mol. The third kappa shape index (κ3) is 4.90. The van der Waals surface area contributed by atoms with Crippen LogP contribution in [-0.4, -0.2) is 0 Å². The van der Waals surface area contributed by atoms with Crippen molar-refractivity contribution >= 4 is 64.2 Å². The first-order valence-electron chi connectivity index (χ1n) is 9.58. The van der Waals surface area contributed by atoms with Crippen LogP contribution < -0.4 is 10.1 Å². The SMILES string of the molecule is Cc1cc(Br)ccc1NCc1cc(Br)c(OCc2cccc3ccccc23)c(Br)c1. The number of hydrogen-bond acceptors (Lipinski definition) is 2. The van der Waals surface area contributed by atoms with Crippen LogP contribution in [0.2, 0.25) is 0 Å². The predicted molar refractivity (Wildman–Crippen MR) is 136 cm³/mol. The molecule has 4 rings (SSSR count). The van der Waals surface area contributed by atoms with Gasteiger partial charge in [0.1, 0.15) is 12.4 Å². The maximum Gasteiger partial charge on any atom is 0.148 e. The summed E-state index contributed by atoms with van der Waals surface area (Å²) in [5.41, 5.74) is 4.66. The van der Waals surface area contributed by atoms with E-state index in [0.29, 0.717) is 6.61 Å². The summed E-state index contributed by atoms with van der Waals surface area (Å²) in [4.78, 5) is 0. The van der Waals surface area contributed by atoms with Gasteiger partial charge in [-0.1, -0.05) is 58.4 Å². The lowest BCUT2D eigenvalue weighted by Crippen LogP contribution is -2.03. The molecule has 0 atom stereocenters. The van der Waals surface area contributed by atoms with Gasteiger partial charge in [-0.3, -0.25) is 0 Å². The third-order valence-corrected chi connectivity index (χ3v) is 6.65. The molecule has 0 heterocycles. The highest BCUT2D eigenvalue weighted by Crippen LogP contribution is 2.36. The first-order valence-corrected chi connectivity index (χ1v) is 12.0. The van der Waals surface area contributed by atoms with E-state index in [4.69, 9.17) is 4.74 Å². The Morgan fingerprint density at radius 2 is 1.57 bits per heavy atom. The van der Waals surface area contributed by atoms with Gasteiger partial charge in [0, 0.05) is 16.7 Å². The fourth-order valence-electron chi connectivity index (χ4n) is 3.44. The Labute approximate surface area is 202 Å². The van der Waals surface area contributed by atoms with Crippen LogP contribution in [0.5, 0.6) is 5.75 Å². The summed E-state index contributed by atoms with van der Waals surface area (Å²) >= 11 is 10.9. The quantitative estimate of drug-likeness (QED) is 0.243. The van der Waals surface area contributed by atoms with Crippen LogP contribution in [0.3, 0.4) is 0 Å². The summed E-state index contributed by atoms with van der Waals surface area (Å²) < 4.78 is 9.14. The van der Waals surface area contributed by atoms with E-state index in [-0.39, 0.29) is 0 Å². The molecule has 0 saturated heterocycles. The molecule has 5 heteroatoms. The molecule has 1 N–H and O–H groups in total. The lowest BCUT2D eigenvalue weighted by Gasteiger charge is -2.15. The van der Waals surface area contributed by atoms with Crippen molar-refractivity contribution in [3.05, 3.63) is 103 Å². The van der Waals surface area contributed by atoms with E-state index in [9.17, 15) is 0 Å². The van der Waals surface area contributed by atoms with Crippen molar-refractivity contribution in [2.45, 2.75) is 20.1 Å². The number of aryl methyl sites for hydroxylation is 1. The van der Waals surface area contributed by atoms with Crippen molar-refractivity contribution in [2.24, 2.45) is 0 Å². The molecule has 0 unspecified atom stereocenters. The second-order valence-corrected chi connectivity index (χ2v) is 9.75. The maximum absolute atomic E-state index is 6.19. The van der Waals surface area contributed by atoms with E-state index < -0.39 is 0 Å². The van der Waals surface area contributed by atoms with E-state index in [1.807, 2.05) is 6.07 Å². The van der Waals surface area contributed by atoms with Crippen molar-refractivity contribution in [1.82, 2.24) is 0 Å². The van der Waals surface area contributed by atoms with Crippen LogP contribution in [0.15, 0.2) is 86.2 Å². The molecule has 4 aromatic carbocycles. The summed E-state index contributed by atoms with van der Waals surface area (Å²) in [6.07, 6.45) is 0. The number of fused-ring (bicyclic) bond motifs is 1. The van der Waals surface area contributed by atoms with Crippen molar-refractivity contribution in [3.8, 4) is 5.75 Å². The summed E-state index contributed by atoms with van der Waals surface area (Å²) in [6.45, 7) is 3.33. The summed E-state index contributed by atoms with van der Waals surface area (Å²) in [5.74, 6) is 0.812. The van der Waals surface area contributed by atoms with Crippen LogP contribution in [0.25, 0.3) is 10.8 Å². The van der Waals surface area contributed by atoms with Crippen molar-refractivity contribution in [1.29, 1.82) is 0 Å². The Balaban J connectivity index is 1.48. The number of hydrogen-bond donors (Lipinski definition) is 1. The molecule has 0 aromatic heterocycles. The maximum atomic E-state index is 6.19. The zero-order valence-corrected chi connectivity index (χ0v) is 21.1. The fourth-order valence-corrected chi connectivity index (χ4v) is 5.43. The van der Waals surface area contributed by atoms with Gasteiger partial charge in [-0.05, 0) is 96.6 Å². The van der Waals surface area contributed by atoms with Gasteiger partial charge in [0.2, 0.25) is 0 Å². The molecule has 0 aliphatic carbocycles. The molecule has 2 nitrogen and oxygen atoms in total. The van der Waals surface area contributed by atoms with Gasteiger partial charge in [0.25, 0.3) is 0 Å². The Kier molecular flexibility index (Phi) is 6.81. The van der Waals surface area contributed by atoms with E-state index in [1.54, 1.807) is 0 Å². The number of ether oxygens (including phenoxy) is 1. The van der Waals surface area contributed by atoms with Gasteiger partial charge in [-0.25, -0.2) is 0 Å². The van der Waals surface area contributed by atoms with Crippen LogP contribution in [0.1, 0.15) is 16.7 Å². The lowest BCUT2D eigenvalue weighted by atomic mass is 10.1. The Morgan fingerprint density at radius 1 is 0.833 bits per heavy atom. The molecule has 0 bridgehead atoms. The Hall–Kier alpha value is -1.82. The van der Waals surface area contributed by atoms with E-state index in [1.165, 1.54) is 21.9 Å². The van der Waals surface area contributed by atoms with E-state index >= 15 is 0 Å². The molecule has 0 amide bonds. The number of nitrogens with one attached hydrogen (secondary N) is 1. The highest BCUT2D eigenvalue weighted by atomic mass is 79.9. The molecule has 0 saturated carbocycles. The summed E-state index contributed by atoms with van der Waals surface area (Å²) in [7, 11) is 0. The second-order valence-electron chi connectivity index (χ2n) is 7.13. The highest BCUT2D eigenvalue weighted by molar-refractivity contribution is 9.11. The molecule has 30 heavy (non-hydrogen) atoms. The number of anilines is 1. The van der Waals surface area contributed by atoms with E-state index in [0.717, 1.165) is 37.0 Å². The summed E-state index contributed by atoms with van der Waals surface area (Å²) in [6, 6.07) is 25.1. The zero-order chi connectivity index (χ0) is 21.1. The highest BCUT2D eigenvalue weighted by Gasteiger charge is 2.11. The molecule has 152 valence electrons. The number of halogens is 3. The van der Waals surface area contributed by atoms with Gasteiger partial charge in [-0.2, -0.15) is 0 Å². The molecular formula is C25H20Br3NO. The smallest absolute Gasteiger partial charge is 0.148 e. The topological polar surface area (TPSA) is 21.3 Å². The molecule has 0 spiro atoms. The fraction of sp³-hybridized carbons (Fsp3) is 0.120. The van der Waals surface area contributed by atoms with Gasteiger partial charge >= 0.3 is 0 Å². The molecule has 0 radical (unpaired) electrons. The molecule has 0 fully saturated rings. The largest absolute Gasteiger partial charge is 0.487 e. The van der Waals surface area contributed by atoms with E-state index in [2.05, 4.69) is 127 Å². The average molecular weight is 590 g/mol. The first-order chi connectivity index (χ1) is 14.5. The Morgan fingerprint density at radius 3 is 2.33 bits per heavy atom. The number of rotatable bonds is 6. The van der Waals surface area contributed by atoms with Crippen LogP contribution >= 0.6 is 47.8 Å². The molecule has 0 aliphatic heterocycles. The minimum atomic E-state index is 0.508. The lowest BCUT2D eigenvalue weighted by molar-refractivity contribution is 0.303. The standard InChI is InChI=1S/C25H20Br3NO/c1-16-11-20(26)9-10-24(16)29-14-17-12-22(27)25(23(28)13-17)30-15-19-7-4-6-18-5-2-3-8-21(18)19/h2-13,29H,14-15H2,1H3. The first kappa shape index (κ1) is 21.4. The van der Waals surface area contributed by atoms with Gasteiger partial charge < -0.3 is 10.1 Å². The monoisotopic (exact) mass is 587 g/mol. The van der Waals surface area contributed by atoms with Crippen LogP contribution in [0.4, 0.5) is 5.69 Å². The Bertz CT molecular complexity index is 1180. The third-order valence-electron chi connectivity index (χ3n) is 4.98. The number of benzene rings is 4. The van der Waals surface area contributed by atoms with Gasteiger partial charge in [0.05, 0.1) is 8.95 Å². The average Bonchev–Trinajstić information content (AvgIpc) is 2.72.